The van der Waals surface area contributed by atoms with Gasteiger partial charge in [-0.05, 0) is 42.5 Å². The highest BCUT2D eigenvalue weighted by Gasteiger charge is 2.37. The molecule has 0 unspecified atom stereocenters. The minimum Gasteiger partial charge on any atom is -0.493 e. The Morgan fingerprint density at radius 3 is 2.19 bits per heavy atom. The molecule has 0 bridgehead atoms. The molecular formula is C21H17F3N2O5S. The number of para-hydroxylation sites is 2. The van der Waals surface area contributed by atoms with Gasteiger partial charge in [0.2, 0.25) is 10.0 Å². The predicted molar refractivity (Wildman–Crippen MR) is 110 cm³/mol. The van der Waals surface area contributed by atoms with Gasteiger partial charge in [0.25, 0.3) is 5.91 Å². The zero-order valence-corrected chi connectivity index (χ0v) is 17.3. The molecule has 3 rings (SSSR count). The number of halogens is 3. The van der Waals surface area contributed by atoms with Gasteiger partial charge in [0, 0.05) is 5.69 Å². The van der Waals surface area contributed by atoms with E-state index in [1.165, 1.54) is 37.4 Å². The van der Waals surface area contributed by atoms with Crippen LogP contribution in [0.4, 0.5) is 18.9 Å². The molecule has 3 aromatic rings. The van der Waals surface area contributed by atoms with E-state index in [4.69, 9.17) is 14.6 Å². The van der Waals surface area contributed by atoms with Crippen LogP contribution in [-0.2, 0) is 16.2 Å². The number of carbonyl (C=O) groups excluding carboxylic acids is 1. The summed E-state index contributed by atoms with van der Waals surface area (Å²) in [4.78, 5) is 12.6. The highest BCUT2D eigenvalue weighted by Crippen LogP contribution is 2.39. The lowest BCUT2D eigenvalue weighted by molar-refractivity contribution is -0.138. The van der Waals surface area contributed by atoms with Crippen LogP contribution in [0.2, 0.25) is 0 Å². The molecule has 0 aliphatic rings. The minimum absolute atomic E-state index is 0.0678. The van der Waals surface area contributed by atoms with Gasteiger partial charge in [-0.3, -0.25) is 4.79 Å². The molecule has 168 valence electrons. The third kappa shape index (κ3) is 5.18. The number of ether oxygens (including phenoxy) is 2. The summed E-state index contributed by atoms with van der Waals surface area (Å²) in [7, 11) is -2.72. The van der Waals surface area contributed by atoms with Crippen molar-refractivity contribution in [1.82, 2.24) is 0 Å². The van der Waals surface area contributed by atoms with Crippen LogP contribution in [0, 0.1) is 0 Å². The second kappa shape index (κ2) is 8.89. The molecule has 0 fully saturated rings. The van der Waals surface area contributed by atoms with Gasteiger partial charge < -0.3 is 14.8 Å². The van der Waals surface area contributed by atoms with Gasteiger partial charge in [-0.1, -0.05) is 24.3 Å². The van der Waals surface area contributed by atoms with E-state index in [0.29, 0.717) is 0 Å². The molecule has 0 radical (unpaired) electrons. The van der Waals surface area contributed by atoms with Crippen LogP contribution in [0.25, 0.3) is 0 Å². The van der Waals surface area contributed by atoms with E-state index in [-0.39, 0.29) is 27.8 Å². The second-order valence-electron chi connectivity index (χ2n) is 6.46. The number of alkyl halides is 3. The summed E-state index contributed by atoms with van der Waals surface area (Å²) >= 11 is 0. The Morgan fingerprint density at radius 1 is 0.938 bits per heavy atom. The molecule has 32 heavy (non-hydrogen) atoms. The fraction of sp³-hybridized carbons (Fsp3) is 0.0952. The summed E-state index contributed by atoms with van der Waals surface area (Å²) in [5.41, 5.74) is -2.08. The van der Waals surface area contributed by atoms with Gasteiger partial charge in [0.1, 0.15) is 5.75 Å². The van der Waals surface area contributed by atoms with Crippen molar-refractivity contribution in [3.63, 3.8) is 0 Å². The predicted octanol–water partition coefficient (Wildman–Crippen LogP) is 4.41. The molecule has 0 heterocycles. The summed E-state index contributed by atoms with van der Waals surface area (Å²) < 4.78 is 74.8. The molecule has 0 saturated heterocycles. The number of hydrogen-bond acceptors (Lipinski definition) is 5. The maximum Gasteiger partial charge on any atom is 0.417 e. The molecule has 0 saturated carbocycles. The van der Waals surface area contributed by atoms with Crippen molar-refractivity contribution in [3.05, 3.63) is 77.9 Å². The van der Waals surface area contributed by atoms with Crippen molar-refractivity contribution in [1.29, 1.82) is 0 Å². The van der Waals surface area contributed by atoms with Crippen LogP contribution in [0.1, 0.15) is 15.9 Å². The number of carbonyl (C=O) groups is 1. The summed E-state index contributed by atoms with van der Waals surface area (Å²) in [5.74, 6) is -1.18. The zero-order valence-electron chi connectivity index (χ0n) is 16.5. The fourth-order valence-corrected chi connectivity index (χ4v) is 3.41. The molecule has 7 nitrogen and oxygen atoms in total. The number of anilines is 1. The van der Waals surface area contributed by atoms with Gasteiger partial charge in [-0.15, -0.1) is 0 Å². The Bertz CT molecular complexity index is 1260. The molecular weight excluding hydrogens is 449 g/mol. The van der Waals surface area contributed by atoms with Crippen molar-refractivity contribution >= 4 is 21.6 Å². The first-order valence-corrected chi connectivity index (χ1v) is 10.5. The van der Waals surface area contributed by atoms with Gasteiger partial charge >= 0.3 is 6.18 Å². The minimum atomic E-state index is -4.87. The van der Waals surface area contributed by atoms with Gasteiger partial charge in [0.15, 0.2) is 11.5 Å². The first-order valence-electron chi connectivity index (χ1n) is 8.96. The number of benzene rings is 3. The number of nitrogens with one attached hydrogen (secondary N) is 1. The Morgan fingerprint density at radius 2 is 1.56 bits per heavy atom. The topological polar surface area (TPSA) is 108 Å². The smallest absolute Gasteiger partial charge is 0.417 e. The summed E-state index contributed by atoms with van der Waals surface area (Å²) in [6.07, 6.45) is -4.87. The maximum absolute atomic E-state index is 13.7. The molecule has 0 aliphatic carbocycles. The summed E-state index contributed by atoms with van der Waals surface area (Å²) in [5, 5.41) is 7.33. The average Bonchev–Trinajstić information content (AvgIpc) is 2.73. The Balaban J connectivity index is 2.06. The van der Waals surface area contributed by atoms with Crippen LogP contribution in [-0.4, -0.2) is 21.4 Å². The zero-order chi connectivity index (χ0) is 23.5. The molecule has 1 amide bonds. The Kier molecular flexibility index (Phi) is 6.42. The number of primary sulfonamides is 1. The van der Waals surface area contributed by atoms with Crippen LogP contribution >= 0.6 is 0 Å². The quantitative estimate of drug-likeness (QED) is 0.560. The largest absolute Gasteiger partial charge is 0.493 e. The summed E-state index contributed by atoms with van der Waals surface area (Å²) in [6, 6.07) is 14.1. The van der Waals surface area contributed by atoms with E-state index in [1.807, 2.05) is 0 Å². The lowest BCUT2D eigenvalue weighted by Crippen LogP contribution is -2.20. The number of hydrogen-bond donors (Lipinski definition) is 2. The maximum atomic E-state index is 13.7. The number of methoxy groups -OCH3 is 1. The highest BCUT2D eigenvalue weighted by atomic mass is 32.2. The van der Waals surface area contributed by atoms with Crippen molar-refractivity contribution < 1.29 is 35.9 Å². The molecule has 3 N–H and O–H groups in total. The van der Waals surface area contributed by atoms with Gasteiger partial charge in [-0.2, -0.15) is 13.2 Å². The second-order valence-corrected chi connectivity index (χ2v) is 8.02. The Hall–Kier alpha value is -3.57. The van der Waals surface area contributed by atoms with Gasteiger partial charge in [-0.25, -0.2) is 13.6 Å². The number of rotatable bonds is 6. The van der Waals surface area contributed by atoms with E-state index < -0.39 is 33.2 Å². The number of nitrogens with two attached hydrogens (primary N) is 1. The van der Waals surface area contributed by atoms with Crippen molar-refractivity contribution in [2.75, 3.05) is 12.4 Å². The third-order valence-electron chi connectivity index (χ3n) is 4.27. The average molecular weight is 466 g/mol. The van der Waals surface area contributed by atoms with Crippen molar-refractivity contribution in [2.24, 2.45) is 5.14 Å². The van der Waals surface area contributed by atoms with E-state index in [1.54, 1.807) is 18.2 Å². The highest BCUT2D eigenvalue weighted by molar-refractivity contribution is 7.89. The molecule has 0 aromatic heterocycles. The third-order valence-corrected chi connectivity index (χ3v) is 5.18. The molecule has 3 aromatic carbocycles. The SMILES string of the molecule is COc1ccccc1Oc1cccc(C(F)(F)F)c1C(=O)Nc1cccc(S(N)(=O)=O)c1. The molecule has 11 heteroatoms. The Labute approximate surface area is 181 Å². The van der Waals surface area contributed by atoms with Crippen LogP contribution in [0.15, 0.2) is 71.6 Å². The first kappa shape index (κ1) is 23.1. The van der Waals surface area contributed by atoms with Crippen molar-refractivity contribution in [2.45, 2.75) is 11.1 Å². The van der Waals surface area contributed by atoms with Crippen LogP contribution in [0.5, 0.6) is 17.2 Å². The number of sulfonamides is 1. The van der Waals surface area contributed by atoms with E-state index in [0.717, 1.165) is 18.2 Å². The first-order chi connectivity index (χ1) is 15.0. The standard InChI is InChI=1S/C21H17F3N2O5S/c1-30-16-9-2-3-10-17(16)31-18-11-5-8-15(21(22,23)24)19(18)20(27)26-13-6-4-7-14(12-13)32(25,28)29/h2-12H,1H3,(H,26,27)(H2,25,28,29). The molecule has 0 atom stereocenters. The lowest BCUT2D eigenvalue weighted by Gasteiger charge is -2.18. The monoisotopic (exact) mass is 466 g/mol. The number of amides is 1. The molecule has 0 aliphatic heterocycles. The summed E-state index contributed by atoms with van der Waals surface area (Å²) in [6.45, 7) is 0. The van der Waals surface area contributed by atoms with Gasteiger partial charge in [0.05, 0.1) is 23.1 Å². The lowest BCUT2D eigenvalue weighted by atomic mass is 10.0. The normalized spacial score (nSPS) is 11.7. The van der Waals surface area contributed by atoms with Crippen LogP contribution in [0.3, 0.4) is 0 Å². The molecule has 0 spiro atoms. The van der Waals surface area contributed by atoms with E-state index >= 15 is 0 Å². The van der Waals surface area contributed by atoms with Crippen molar-refractivity contribution in [3.8, 4) is 17.2 Å². The van der Waals surface area contributed by atoms with E-state index in [2.05, 4.69) is 5.32 Å². The van der Waals surface area contributed by atoms with E-state index in [9.17, 15) is 26.4 Å². The van der Waals surface area contributed by atoms with Crippen LogP contribution < -0.4 is 19.9 Å². The fourth-order valence-electron chi connectivity index (χ4n) is 2.85.